The molecule has 0 saturated carbocycles. The summed E-state index contributed by atoms with van der Waals surface area (Å²) in [6.45, 7) is 6.03. The lowest BCUT2D eigenvalue weighted by molar-refractivity contribution is -0.143. The van der Waals surface area contributed by atoms with Gasteiger partial charge in [-0.15, -0.1) is 0 Å². The molecule has 1 unspecified atom stereocenters. The maximum atomic E-state index is 12.4. The van der Waals surface area contributed by atoms with E-state index < -0.39 is 23.8 Å². The molecule has 2 rings (SSSR count). The van der Waals surface area contributed by atoms with Crippen LogP contribution < -0.4 is 10.2 Å². The predicted octanol–water partition coefficient (Wildman–Crippen LogP) is 1.75. The van der Waals surface area contributed by atoms with Gasteiger partial charge in [0, 0.05) is 12.2 Å². The Balaban J connectivity index is 2.06. The van der Waals surface area contributed by atoms with Crippen molar-refractivity contribution in [2.45, 2.75) is 39.2 Å². The molecule has 2 atom stereocenters. The van der Waals surface area contributed by atoms with Crippen LogP contribution in [0.25, 0.3) is 0 Å². The number of anilines is 1. The van der Waals surface area contributed by atoms with E-state index in [1.165, 1.54) is 12.5 Å². The number of nitrogens with one attached hydrogen (secondary N) is 1. The minimum Gasteiger partial charge on any atom is -0.480 e. The van der Waals surface area contributed by atoms with Gasteiger partial charge in [-0.05, 0) is 37.0 Å². The first-order valence-corrected chi connectivity index (χ1v) is 7.75. The van der Waals surface area contributed by atoms with E-state index in [0.29, 0.717) is 18.9 Å². The SMILES string of the molecule is CC(C)c1ccc(N2CCC(C(=O)N[C@H](C)C(=O)O)C2=O)cc1. The molecule has 1 aromatic rings. The minimum atomic E-state index is -1.12. The molecule has 1 aliphatic rings. The number of hydrogen-bond acceptors (Lipinski definition) is 3. The number of carbonyl (C=O) groups excluding carboxylic acids is 2. The Morgan fingerprint density at radius 2 is 1.83 bits per heavy atom. The number of benzene rings is 1. The Hall–Kier alpha value is -2.37. The highest BCUT2D eigenvalue weighted by molar-refractivity contribution is 6.10. The Kier molecular flexibility index (Phi) is 5.03. The molecule has 0 aliphatic carbocycles. The van der Waals surface area contributed by atoms with E-state index in [2.05, 4.69) is 19.2 Å². The quantitative estimate of drug-likeness (QED) is 0.810. The fourth-order valence-electron chi connectivity index (χ4n) is 2.59. The summed E-state index contributed by atoms with van der Waals surface area (Å²) in [5.74, 6) is -2.33. The first-order valence-electron chi connectivity index (χ1n) is 7.75. The molecular weight excluding hydrogens is 296 g/mol. The van der Waals surface area contributed by atoms with Crippen LogP contribution in [0.15, 0.2) is 24.3 Å². The van der Waals surface area contributed by atoms with Crippen LogP contribution >= 0.6 is 0 Å². The second-order valence-electron chi connectivity index (χ2n) is 6.15. The van der Waals surface area contributed by atoms with Crippen LogP contribution in [0.2, 0.25) is 0 Å². The van der Waals surface area contributed by atoms with E-state index in [-0.39, 0.29) is 5.91 Å². The van der Waals surface area contributed by atoms with Crippen LogP contribution in [0, 0.1) is 5.92 Å². The van der Waals surface area contributed by atoms with E-state index in [1.807, 2.05) is 24.3 Å². The van der Waals surface area contributed by atoms with Crippen molar-refractivity contribution < 1.29 is 19.5 Å². The van der Waals surface area contributed by atoms with Crippen molar-refractivity contribution in [3.05, 3.63) is 29.8 Å². The van der Waals surface area contributed by atoms with Crippen LogP contribution in [-0.4, -0.2) is 35.5 Å². The van der Waals surface area contributed by atoms with Gasteiger partial charge in [0.05, 0.1) is 0 Å². The summed E-state index contributed by atoms with van der Waals surface area (Å²) in [7, 11) is 0. The van der Waals surface area contributed by atoms with Gasteiger partial charge < -0.3 is 15.3 Å². The van der Waals surface area contributed by atoms with Crippen LogP contribution in [0.3, 0.4) is 0 Å². The van der Waals surface area contributed by atoms with Gasteiger partial charge in [-0.2, -0.15) is 0 Å². The van der Waals surface area contributed by atoms with E-state index in [9.17, 15) is 14.4 Å². The number of aliphatic carboxylic acids is 1. The summed E-state index contributed by atoms with van der Waals surface area (Å²) in [6.07, 6.45) is 0.392. The molecule has 1 aliphatic heterocycles. The maximum Gasteiger partial charge on any atom is 0.325 e. The van der Waals surface area contributed by atoms with E-state index in [4.69, 9.17) is 5.11 Å². The van der Waals surface area contributed by atoms with Crippen molar-refractivity contribution in [3.8, 4) is 0 Å². The van der Waals surface area contributed by atoms with E-state index >= 15 is 0 Å². The van der Waals surface area contributed by atoms with Gasteiger partial charge in [-0.3, -0.25) is 14.4 Å². The molecule has 0 bridgehead atoms. The van der Waals surface area contributed by atoms with Gasteiger partial charge >= 0.3 is 5.97 Å². The molecule has 1 saturated heterocycles. The summed E-state index contributed by atoms with van der Waals surface area (Å²) >= 11 is 0. The number of carboxylic acid groups (broad SMARTS) is 1. The third-order valence-electron chi connectivity index (χ3n) is 4.12. The van der Waals surface area contributed by atoms with Crippen LogP contribution in [0.5, 0.6) is 0 Å². The lowest BCUT2D eigenvalue weighted by atomic mass is 10.0. The Labute approximate surface area is 135 Å². The van der Waals surface area contributed by atoms with Crippen molar-refractivity contribution in [1.82, 2.24) is 5.32 Å². The molecule has 124 valence electrons. The molecule has 23 heavy (non-hydrogen) atoms. The lowest BCUT2D eigenvalue weighted by Crippen LogP contribution is -2.44. The smallest absolute Gasteiger partial charge is 0.325 e. The van der Waals surface area contributed by atoms with E-state index in [1.54, 1.807) is 4.90 Å². The minimum absolute atomic E-state index is 0.280. The topological polar surface area (TPSA) is 86.7 Å². The molecule has 1 fully saturated rings. The average Bonchev–Trinajstić information content (AvgIpc) is 2.88. The molecule has 0 aromatic heterocycles. The van der Waals surface area contributed by atoms with Crippen molar-refractivity contribution in [2.24, 2.45) is 5.92 Å². The van der Waals surface area contributed by atoms with Gasteiger partial charge in [0.1, 0.15) is 12.0 Å². The number of carbonyl (C=O) groups is 3. The lowest BCUT2D eigenvalue weighted by Gasteiger charge is -2.18. The van der Waals surface area contributed by atoms with Crippen LogP contribution in [0.1, 0.15) is 38.7 Å². The molecule has 1 heterocycles. The number of nitrogens with zero attached hydrogens (tertiary/aromatic N) is 1. The monoisotopic (exact) mass is 318 g/mol. The van der Waals surface area contributed by atoms with Gasteiger partial charge in [0.2, 0.25) is 11.8 Å². The highest BCUT2D eigenvalue weighted by Gasteiger charge is 2.38. The Bertz CT molecular complexity index is 610. The summed E-state index contributed by atoms with van der Waals surface area (Å²) in [5, 5.41) is 11.2. The molecule has 6 nitrogen and oxygen atoms in total. The first kappa shape index (κ1) is 17.0. The second-order valence-corrected chi connectivity index (χ2v) is 6.15. The van der Waals surface area contributed by atoms with Gasteiger partial charge in [-0.1, -0.05) is 26.0 Å². The molecule has 0 spiro atoms. The molecule has 1 aromatic carbocycles. The average molecular weight is 318 g/mol. The second kappa shape index (κ2) is 6.81. The number of carboxylic acids is 1. The van der Waals surface area contributed by atoms with Crippen molar-refractivity contribution in [2.75, 3.05) is 11.4 Å². The van der Waals surface area contributed by atoms with Gasteiger partial charge in [-0.25, -0.2) is 0 Å². The largest absolute Gasteiger partial charge is 0.480 e. The molecule has 6 heteroatoms. The zero-order valence-corrected chi connectivity index (χ0v) is 13.6. The fourth-order valence-corrected chi connectivity index (χ4v) is 2.59. The Morgan fingerprint density at radius 1 is 1.22 bits per heavy atom. The maximum absolute atomic E-state index is 12.4. The number of hydrogen-bond donors (Lipinski definition) is 2. The van der Waals surface area contributed by atoms with Crippen LogP contribution in [0.4, 0.5) is 5.69 Å². The summed E-state index contributed by atoms with van der Waals surface area (Å²) in [4.78, 5) is 36.9. The normalized spacial score (nSPS) is 19.0. The predicted molar refractivity (Wildman–Crippen MR) is 86.2 cm³/mol. The standard InChI is InChI=1S/C17H22N2O4/c1-10(2)12-4-6-13(7-5-12)19-9-8-14(16(19)21)15(20)18-11(3)17(22)23/h4-7,10-11,14H,8-9H2,1-3H3,(H,18,20)(H,22,23)/t11-,14?/m1/s1. The zero-order chi connectivity index (χ0) is 17.1. The Morgan fingerprint density at radius 3 is 2.35 bits per heavy atom. The third-order valence-corrected chi connectivity index (χ3v) is 4.12. The zero-order valence-electron chi connectivity index (χ0n) is 13.6. The first-order chi connectivity index (χ1) is 10.8. The number of rotatable bonds is 5. The summed E-state index contributed by atoms with van der Waals surface area (Å²) in [6, 6.07) is 6.72. The van der Waals surface area contributed by atoms with E-state index in [0.717, 1.165) is 5.69 Å². The van der Waals surface area contributed by atoms with Crippen molar-refractivity contribution >= 4 is 23.5 Å². The molecule has 2 N–H and O–H groups in total. The highest BCUT2D eigenvalue weighted by atomic mass is 16.4. The molecule has 0 radical (unpaired) electrons. The van der Waals surface area contributed by atoms with Crippen molar-refractivity contribution in [1.29, 1.82) is 0 Å². The summed E-state index contributed by atoms with van der Waals surface area (Å²) < 4.78 is 0. The van der Waals surface area contributed by atoms with Gasteiger partial charge in [0.15, 0.2) is 0 Å². The fraction of sp³-hybridized carbons (Fsp3) is 0.471. The summed E-state index contributed by atoms with van der Waals surface area (Å²) in [5.41, 5.74) is 1.95. The molecular formula is C17H22N2O4. The van der Waals surface area contributed by atoms with Crippen LogP contribution in [-0.2, 0) is 14.4 Å². The van der Waals surface area contributed by atoms with Gasteiger partial charge in [0.25, 0.3) is 0 Å². The third kappa shape index (κ3) is 3.70. The van der Waals surface area contributed by atoms with Crippen molar-refractivity contribution in [3.63, 3.8) is 0 Å². The number of amides is 2. The molecule has 2 amide bonds. The highest BCUT2D eigenvalue weighted by Crippen LogP contribution is 2.27.